The van der Waals surface area contributed by atoms with E-state index in [2.05, 4.69) is 16.6 Å². The van der Waals surface area contributed by atoms with Gasteiger partial charge in [0.15, 0.2) is 0 Å². The number of rotatable bonds is 8. The van der Waals surface area contributed by atoms with Gasteiger partial charge in [-0.15, -0.1) is 0 Å². The number of likely N-dealkylation sites (N-methyl/N-ethyl adjacent to an activating group) is 1. The van der Waals surface area contributed by atoms with E-state index in [0.29, 0.717) is 12.1 Å². The summed E-state index contributed by atoms with van der Waals surface area (Å²) in [6, 6.07) is 9.65. The van der Waals surface area contributed by atoms with Crippen LogP contribution in [0.1, 0.15) is 47.2 Å². The zero-order valence-corrected chi connectivity index (χ0v) is 20.8. The Hall–Kier alpha value is -3.28. The van der Waals surface area contributed by atoms with E-state index >= 15 is 0 Å². The largest absolute Gasteiger partial charge is 0.460 e. The lowest BCUT2D eigenvalue weighted by Crippen LogP contribution is -2.24. The quantitative estimate of drug-likeness (QED) is 0.298. The number of nitrogens with zero attached hydrogens (tertiary/aromatic N) is 4. The molecule has 0 unspecified atom stereocenters. The van der Waals surface area contributed by atoms with Crippen LogP contribution in [0.5, 0.6) is 0 Å². The van der Waals surface area contributed by atoms with Crippen molar-refractivity contribution in [2.75, 3.05) is 32.1 Å². The van der Waals surface area contributed by atoms with Crippen LogP contribution in [-0.2, 0) is 9.53 Å². The Balaban J connectivity index is 0.00000227. The zero-order valence-electron chi connectivity index (χ0n) is 20.8. The molecular weight excluding hydrogens is 400 g/mol. The number of ether oxygens (including phenoxy) is 1. The van der Waals surface area contributed by atoms with Gasteiger partial charge in [0.2, 0.25) is 0 Å². The maximum atomic E-state index is 11.6. The lowest BCUT2D eigenvalue weighted by molar-refractivity contribution is -0.138. The topological polar surface area (TPSA) is 67.7 Å². The minimum absolute atomic E-state index is 0.266. The molecule has 0 saturated carbocycles. The van der Waals surface area contributed by atoms with Crippen molar-refractivity contribution in [2.24, 2.45) is 4.99 Å². The smallest absolute Gasteiger partial charge is 0.333 e. The highest BCUT2D eigenvalue weighted by atomic mass is 16.5. The van der Waals surface area contributed by atoms with E-state index in [1.165, 1.54) is 0 Å². The number of carbonyl (C=O) groups excluding carboxylic acids is 1. The molecule has 2 rings (SSSR count). The predicted molar refractivity (Wildman–Crippen MR) is 136 cm³/mol. The Morgan fingerprint density at radius 1 is 1.19 bits per heavy atom. The van der Waals surface area contributed by atoms with Gasteiger partial charge >= 0.3 is 5.97 Å². The summed E-state index contributed by atoms with van der Waals surface area (Å²) in [6.45, 7) is 16.0. The number of esters is 1. The minimum atomic E-state index is -0.383. The molecule has 6 nitrogen and oxygen atoms in total. The molecule has 0 radical (unpaired) electrons. The Morgan fingerprint density at radius 2 is 1.88 bits per heavy atom. The maximum Gasteiger partial charge on any atom is 0.333 e. The molecule has 2 aromatic heterocycles. The number of hydrogen-bond donors (Lipinski definition) is 0. The van der Waals surface area contributed by atoms with E-state index in [4.69, 9.17) is 9.72 Å². The molecule has 0 atom stereocenters. The summed E-state index contributed by atoms with van der Waals surface area (Å²) in [4.78, 5) is 27.1. The van der Waals surface area contributed by atoms with E-state index < -0.39 is 0 Å². The van der Waals surface area contributed by atoms with E-state index in [9.17, 15) is 4.79 Å². The van der Waals surface area contributed by atoms with Gasteiger partial charge in [-0.3, -0.25) is 9.98 Å². The first-order valence-electron chi connectivity index (χ1n) is 11.0. The van der Waals surface area contributed by atoms with Crippen LogP contribution in [0.2, 0.25) is 0 Å². The van der Waals surface area contributed by atoms with Gasteiger partial charge in [-0.05, 0) is 44.2 Å². The Morgan fingerprint density at radius 3 is 2.41 bits per heavy atom. The van der Waals surface area contributed by atoms with E-state index in [1.54, 1.807) is 20.2 Å². The van der Waals surface area contributed by atoms with Crippen molar-refractivity contribution in [3.8, 4) is 11.4 Å². The first kappa shape index (κ1) is 28.7. The highest BCUT2D eigenvalue weighted by Crippen LogP contribution is 2.23. The Kier molecular flexibility index (Phi) is 14.7. The van der Waals surface area contributed by atoms with Crippen molar-refractivity contribution >= 4 is 17.4 Å². The first-order chi connectivity index (χ1) is 15.5. The van der Waals surface area contributed by atoms with Gasteiger partial charge in [0.05, 0.1) is 29.3 Å². The SMILES string of the molecule is C=C(C)C(=O)OCCN(C)c1cc(C(/C=C\C)=NC)nc(-c2ccccn2)c1.CC.CC. The molecule has 0 aromatic carbocycles. The molecule has 0 saturated heterocycles. The first-order valence-corrected chi connectivity index (χ1v) is 11.0. The van der Waals surface area contributed by atoms with Crippen molar-refractivity contribution < 1.29 is 9.53 Å². The number of hydrogen-bond acceptors (Lipinski definition) is 6. The van der Waals surface area contributed by atoms with Crippen molar-refractivity contribution in [3.63, 3.8) is 0 Å². The third-order valence-electron chi connectivity index (χ3n) is 4.01. The molecule has 0 aliphatic rings. The normalized spacial score (nSPS) is 10.4. The summed E-state index contributed by atoms with van der Waals surface area (Å²) in [5, 5.41) is 0. The molecule has 32 heavy (non-hydrogen) atoms. The third-order valence-corrected chi connectivity index (χ3v) is 4.01. The molecule has 0 spiro atoms. The predicted octanol–water partition coefficient (Wildman–Crippen LogP) is 5.75. The molecule has 0 bridgehead atoms. The second-order valence-corrected chi connectivity index (χ2v) is 6.26. The van der Waals surface area contributed by atoms with Gasteiger partial charge in [0.1, 0.15) is 6.61 Å². The molecule has 0 aliphatic carbocycles. The summed E-state index contributed by atoms with van der Waals surface area (Å²) < 4.78 is 5.20. The fourth-order valence-electron chi connectivity index (χ4n) is 2.47. The van der Waals surface area contributed by atoms with Gasteiger partial charge in [0, 0.05) is 31.6 Å². The molecule has 2 heterocycles. The standard InChI is InChI=1S/C22H26N4O2.2C2H6/c1-6-9-18(23-4)20-14-17(26(5)12-13-28-22(27)16(2)3)15-21(25-20)19-10-7-8-11-24-19;2*1-2/h6-11,14-15H,2,12-13H2,1,3-5H3;2*1-2H3/b9-6-,23-18?;;. The van der Waals surface area contributed by atoms with E-state index in [1.807, 2.05) is 89.1 Å². The lowest BCUT2D eigenvalue weighted by Gasteiger charge is -2.21. The van der Waals surface area contributed by atoms with Crippen LogP contribution in [-0.4, -0.2) is 48.9 Å². The average molecular weight is 439 g/mol. The molecule has 2 aromatic rings. The summed E-state index contributed by atoms with van der Waals surface area (Å²) in [5.74, 6) is -0.383. The van der Waals surface area contributed by atoms with Crippen molar-refractivity contribution in [2.45, 2.75) is 41.5 Å². The highest BCUT2D eigenvalue weighted by molar-refractivity contribution is 6.08. The van der Waals surface area contributed by atoms with Crippen molar-refractivity contribution in [3.05, 3.63) is 66.5 Å². The minimum Gasteiger partial charge on any atom is -0.460 e. The average Bonchev–Trinajstić information content (AvgIpc) is 2.85. The van der Waals surface area contributed by atoms with Crippen LogP contribution < -0.4 is 4.90 Å². The summed E-state index contributed by atoms with van der Waals surface area (Å²) in [6.07, 6.45) is 5.59. The Bertz CT molecular complexity index is 890. The number of allylic oxidation sites excluding steroid dienone is 2. The van der Waals surface area contributed by atoms with Gasteiger partial charge in [0.25, 0.3) is 0 Å². The number of aliphatic imine (C=N–C) groups is 1. The van der Waals surface area contributed by atoms with Crippen LogP contribution in [0.25, 0.3) is 11.4 Å². The van der Waals surface area contributed by atoms with Crippen LogP contribution in [0.3, 0.4) is 0 Å². The lowest BCUT2D eigenvalue weighted by atomic mass is 10.1. The Labute approximate surface area is 193 Å². The van der Waals surface area contributed by atoms with Crippen LogP contribution >= 0.6 is 0 Å². The highest BCUT2D eigenvalue weighted by Gasteiger charge is 2.12. The van der Waals surface area contributed by atoms with Crippen molar-refractivity contribution in [1.29, 1.82) is 0 Å². The van der Waals surface area contributed by atoms with Gasteiger partial charge in [-0.1, -0.05) is 46.4 Å². The third kappa shape index (κ3) is 9.25. The number of aromatic nitrogens is 2. The molecule has 0 amide bonds. The molecule has 0 aliphatic heterocycles. The van der Waals surface area contributed by atoms with Crippen LogP contribution in [0.4, 0.5) is 5.69 Å². The molecule has 6 heteroatoms. The van der Waals surface area contributed by atoms with Gasteiger partial charge < -0.3 is 9.64 Å². The number of anilines is 1. The fourth-order valence-corrected chi connectivity index (χ4v) is 2.47. The van der Waals surface area contributed by atoms with Crippen molar-refractivity contribution in [1.82, 2.24) is 9.97 Å². The molecule has 174 valence electrons. The summed E-state index contributed by atoms with van der Waals surface area (Å²) >= 11 is 0. The van der Waals surface area contributed by atoms with Gasteiger partial charge in [-0.2, -0.15) is 0 Å². The second-order valence-electron chi connectivity index (χ2n) is 6.26. The zero-order chi connectivity index (χ0) is 24.5. The number of carbonyl (C=O) groups is 1. The number of pyridine rings is 2. The second kappa shape index (κ2) is 16.4. The van der Waals surface area contributed by atoms with E-state index in [0.717, 1.165) is 28.5 Å². The summed E-state index contributed by atoms with van der Waals surface area (Å²) in [5.41, 5.74) is 4.39. The van der Waals surface area contributed by atoms with Crippen LogP contribution in [0, 0.1) is 0 Å². The molecule has 0 N–H and O–H groups in total. The molecule has 0 fully saturated rings. The molecular formula is C26H38N4O2. The van der Waals surface area contributed by atoms with Crippen LogP contribution in [0.15, 0.2) is 65.8 Å². The summed E-state index contributed by atoms with van der Waals surface area (Å²) in [7, 11) is 3.68. The van der Waals surface area contributed by atoms with E-state index in [-0.39, 0.29) is 12.6 Å². The van der Waals surface area contributed by atoms with Gasteiger partial charge in [-0.25, -0.2) is 9.78 Å². The fraction of sp³-hybridized carbons (Fsp3) is 0.385. The maximum absolute atomic E-state index is 11.6. The monoisotopic (exact) mass is 438 g/mol.